The van der Waals surface area contributed by atoms with Gasteiger partial charge in [0.15, 0.2) is 0 Å². The molecule has 9 nitrogen and oxygen atoms in total. The Balaban J connectivity index is 1.37. The summed E-state index contributed by atoms with van der Waals surface area (Å²) in [7, 11) is 2.00. The van der Waals surface area contributed by atoms with Gasteiger partial charge in [0.05, 0.1) is 12.2 Å². The third kappa shape index (κ3) is 4.60. The molecule has 0 aliphatic heterocycles. The summed E-state index contributed by atoms with van der Waals surface area (Å²) in [5.41, 5.74) is 6.98. The number of hydrogen-bond donors (Lipinski definition) is 2. The van der Waals surface area contributed by atoms with E-state index in [1.165, 1.54) is 24.8 Å². The molecule has 3 aromatic rings. The lowest BCUT2D eigenvalue weighted by Gasteiger charge is -2.30. The lowest BCUT2D eigenvalue weighted by Crippen LogP contribution is -2.34. The van der Waals surface area contributed by atoms with Gasteiger partial charge in [0.25, 0.3) is 0 Å². The fourth-order valence-corrected chi connectivity index (χ4v) is 4.94. The van der Waals surface area contributed by atoms with E-state index in [0.717, 1.165) is 43.7 Å². The van der Waals surface area contributed by atoms with Crippen LogP contribution in [0.15, 0.2) is 48.8 Å². The molecule has 0 spiro atoms. The second-order valence-corrected chi connectivity index (χ2v) is 9.59. The van der Waals surface area contributed by atoms with Gasteiger partial charge in [0.1, 0.15) is 17.1 Å². The molecule has 1 atom stereocenters. The first-order valence-electron chi connectivity index (χ1n) is 12.1. The second-order valence-electron chi connectivity index (χ2n) is 9.59. The highest BCUT2D eigenvalue weighted by Crippen LogP contribution is 2.43. The largest absolute Gasteiger partial charge is 0.368 e. The lowest BCUT2D eigenvalue weighted by molar-refractivity contribution is -0.122. The number of nitrogens with zero attached hydrogens (tertiary/aromatic N) is 6. The Hall–Kier alpha value is -3.49. The maximum Gasteiger partial charge on any atom is 0.245 e. The molecule has 0 saturated heterocycles. The molecule has 2 aliphatic carbocycles. The number of anilines is 2. The van der Waals surface area contributed by atoms with Crippen LogP contribution in [0.3, 0.4) is 0 Å². The van der Waals surface area contributed by atoms with Crippen LogP contribution in [0.5, 0.6) is 0 Å². The van der Waals surface area contributed by atoms with Crippen molar-refractivity contribution in [3.05, 3.63) is 60.0 Å². The normalized spacial score (nSPS) is 18.3. The van der Waals surface area contributed by atoms with Crippen molar-refractivity contribution in [3.63, 3.8) is 0 Å². The standard InChI is InChI=1S/C25H32N8O/c1-32(16-18-8-4-2-5-9-18)24-27-15-12-21(29-24)28-22(19-10-6-3-7-11-19)20-17-33(31-30-20)25(13-14-25)23(26)34/h2,4-5,8-9,12,15,17,19,22H,3,6-7,10-11,13-14,16H2,1H3,(H2,26,34)(H,27,28,29). The Morgan fingerprint density at radius 2 is 1.97 bits per heavy atom. The molecule has 2 fully saturated rings. The molecule has 2 aliphatic rings. The van der Waals surface area contributed by atoms with Gasteiger partial charge in [0, 0.05) is 19.8 Å². The van der Waals surface area contributed by atoms with Gasteiger partial charge in [0.2, 0.25) is 11.9 Å². The van der Waals surface area contributed by atoms with E-state index in [9.17, 15) is 4.79 Å². The lowest BCUT2D eigenvalue weighted by atomic mass is 9.83. The highest BCUT2D eigenvalue weighted by Gasteiger charge is 2.52. The van der Waals surface area contributed by atoms with E-state index in [1.54, 1.807) is 10.9 Å². The van der Waals surface area contributed by atoms with Crippen molar-refractivity contribution in [2.45, 2.75) is 63.1 Å². The zero-order valence-corrected chi connectivity index (χ0v) is 19.6. The van der Waals surface area contributed by atoms with Crippen LogP contribution in [0.25, 0.3) is 0 Å². The van der Waals surface area contributed by atoms with E-state index in [0.29, 0.717) is 11.9 Å². The average molecular weight is 461 g/mol. The number of hydrogen-bond acceptors (Lipinski definition) is 7. The number of primary amides is 1. The SMILES string of the molecule is CN(Cc1ccccc1)c1nccc(NC(c2cn(C3(C(N)=O)CC3)nn2)C2CCCCC2)n1. The second kappa shape index (κ2) is 9.40. The van der Waals surface area contributed by atoms with Crippen LogP contribution in [0, 0.1) is 5.92 Å². The number of benzene rings is 1. The molecule has 0 radical (unpaired) electrons. The molecular formula is C25H32N8O. The molecule has 1 unspecified atom stereocenters. The van der Waals surface area contributed by atoms with Gasteiger partial charge in [-0.15, -0.1) is 5.10 Å². The summed E-state index contributed by atoms with van der Waals surface area (Å²) in [6.07, 6.45) is 11.0. The van der Waals surface area contributed by atoms with Gasteiger partial charge < -0.3 is 16.0 Å². The summed E-state index contributed by atoms with van der Waals surface area (Å²) in [6, 6.07) is 12.1. The number of nitrogens with two attached hydrogens (primary N) is 1. The first-order chi connectivity index (χ1) is 16.5. The van der Waals surface area contributed by atoms with Crippen LogP contribution >= 0.6 is 0 Å². The molecule has 9 heteroatoms. The highest BCUT2D eigenvalue weighted by atomic mass is 16.2. The zero-order chi connectivity index (χ0) is 23.5. The molecule has 2 heterocycles. The predicted octanol–water partition coefficient (Wildman–Crippen LogP) is 3.41. The third-order valence-electron chi connectivity index (χ3n) is 7.12. The van der Waals surface area contributed by atoms with Gasteiger partial charge in [-0.3, -0.25) is 4.79 Å². The average Bonchev–Trinajstić information content (AvgIpc) is 3.54. The van der Waals surface area contributed by atoms with Crippen molar-refractivity contribution in [1.82, 2.24) is 25.0 Å². The van der Waals surface area contributed by atoms with Crippen LogP contribution in [0.2, 0.25) is 0 Å². The van der Waals surface area contributed by atoms with E-state index in [-0.39, 0.29) is 11.9 Å². The van der Waals surface area contributed by atoms with Crippen molar-refractivity contribution in [2.24, 2.45) is 11.7 Å². The molecule has 3 N–H and O–H groups in total. The minimum Gasteiger partial charge on any atom is -0.368 e. The molecular weight excluding hydrogens is 428 g/mol. The molecule has 1 aromatic carbocycles. The van der Waals surface area contributed by atoms with Crippen molar-refractivity contribution in [2.75, 3.05) is 17.3 Å². The fourth-order valence-electron chi connectivity index (χ4n) is 4.94. The van der Waals surface area contributed by atoms with Gasteiger partial charge in [-0.05, 0) is 43.2 Å². The van der Waals surface area contributed by atoms with Crippen molar-refractivity contribution in [3.8, 4) is 0 Å². The first kappa shape index (κ1) is 22.3. The van der Waals surface area contributed by atoms with Gasteiger partial charge >= 0.3 is 0 Å². The van der Waals surface area contributed by atoms with Crippen LogP contribution < -0.4 is 16.0 Å². The van der Waals surface area contributed by atoms with Crippen LogP contribution in [0.1, 0.15) is 62.2 Å². The van der Waals surface area contributed by atoms with Crippen molar-refractivity contribution < 1.29 is 4.79 Å². The summed E-state index contributed by atoms with van der Waals surface area (Å²) in [5, 5.41) is 12.4. The number of rotatable bonds is 9. The van der Waals surface area contributed by atoms with E-state index in [1.807, 2.05) is 42.4 Å². The van der Waals surface area contributed by atoms with E-state index in [2.05, 4.69) is 32.7 Å². The Bertz CT molecular complexity index is 1120. The molecule has 34 heavy (non-hydrogen) atoms. The number of carbonyl (C=O) groups excluding carboxylic acids is 1. The minimum absolute atomic E-state index is 0.0418. The molecule has 1 amide bonds. The number of carbonyl (C=O) groups is 1. The summed E-state index contributed by atoms with van der Waals surface area (Å²) >= 11 is 0. The Morgan fingerprint density at radius 3 is 2.68 bits per heavy atom. The third-order valence-corrected chi connectivity index (χ3v) is 7.12. The molecule has 2 saturated carbocycles. The van der Waals surface area contributed by atoms with Gasteiger partial charge in [-0.25, -0.2) is 9.67 Å². The minimum atomic E-state index is -0.704. The highest BCUT2D eigenvalue weighted by molar-refractivity contribution is 5.85. The zero-order valence-electron chi connectivity index (χ0n) is 19.6. The van der Waals surface area contributed by atoms with Crippen LogP contribution in [-0.2, 0) is 16.9 Å². The van der Waals surface area contributed by atoms with E-state index >= 15 is 0 Å². The summed E-state index contributed by atoms with van der Waals surface area (Å²) in [4.78, 5) is 23.3. The quantitative estimate of drug-likeness (QED) is 0.503. The summed E-state index contributed by atoms with van der Waals surface area (Å²) < 4.78 is 1.67. The molecule has 0 bridgehead atoms. The topological polar surface area (TPSA) is 115 Å². The van der Waals surface area contributed by atoms with Crippen molar-refractivity contribution >= 4 is 17.7 Å². The summed E-state index contributed by atoms with van der Waals surface area (Å²) in [6.45, 7) is 0.722. The Kier molecular flexibility index (Phi) is 6.17. The fraction of sp³-hybridized carbons (Fsp3) is 0.480. The Morgan fingerprint density at radius 1 is 1.21 bits per heavy atom. The number of amides is 1. The Labute approximate surface area is 199 Å². The van der Waals surface area contributed by atoms with E-state index < -0.39 is 5.54 Å². The van der Waals surface area contributed by atoms with E-state index in [4.69, 9.17) is 10.7 Å². The van der Waals surface area contributed by atoms with Crippen molar-refractivity contribution in [1.29, 1.82) is 0 Å². The monoisotopic (exact) mass is 460 g/mol. The van der Waals surface area contributed by atoms with Gasteiger partial charge in [-0.2, -0.15) is 4.98 Å². The maximum absolute atomic E-state index is 12.0. The van der Waals surface area contributed by atoms with Crippen LogP contribution in [0.4, 0.5) is 11.8 Å². The molecule has 5 rings (SSSR count). The molecule has 2 aromatic heterocycles. The molecule has 178 valence electrons. The van der Waals surface area contributed by atoms with Gasteiger partial charge in [-0.1, -0.05) is 54.8 Å². The number of aromatic nitrogens is 5. The maximum atomic E-state index is 12.0. The first-order valence-corrected chi connectivity index (χ1v) is 12.1. The summed E-state index contributed by atoms with van der Waals surface area (Å²) in [5.74, 6) is 1.49. The number of nitrogens with one attached hydrogen (secondary N) is 1. The van der Waals surface area contributed by atoms with Crippen LogP contribution in [-0.4, -0.2) is 37.9 Å². The smallest absolute Gasteiger partial charge is 0.245 e. The predicted molar refractivity (Wildman–Crippen MR) is 130 cm³/mol.